The fraction of sp³-hybridized carbons (Fsp3) is 0.350. The Hall–Kier alpha value is -2.42. The smallest absolute Gasteiger partial charge is 0.236 e. The second-order valence-corrected chi connectivity index (χ2v) is 6.81. The van der Waals surface area contributed by atoms with Gasteiger partial charge in [-0.1, -0.05) is 19.8 Å². The van der Waals surface area contributed by atoms with Crippen LogP contribution in [0.3, 0.4) is 0 Å². The fourth-order valence-corrected chi connectivity index (χ4v) is 3.52. The van der Waals surface area contributed by atoms with E-state index < -0.39 is 5.92 Å². The molecule has 29 heavy (non-hydrogen) atoms. The summed E-state index contributed by atoms with van der Waals surface area (Å²) in [7, 11) is 1.61. The third-order valence-corrected chi connectivity index (χ3v) is 4.92. The molecule has 1 aliphatic rings. The first-order valence-corrected chi connectivity index (χ1v) is 9.34. The molecule has 0 saturated carbocycles. The largest absolute Gasteiger partial charge is 0.397 e. The molecule has 0 bridgehead atoms. The zero-order valence-electron chi connectivity index (χ0n) is 16.3. The van der Waals surface area contributed by atoms with Crippen molar-refractivity contribution in [1.82, 2.24) is 19.7 Å². The minimum Gasteiger partial charge on any atom is -0.397 e. The van der Waals surface area contributed by atoms with E-state index in [0.29, 0.717) is 28.5 Å². The monoisotopic (exact) mass is 612 g/mol. The number of aryl methyl sites for hydroxylation is 1. The van der Waals surface area contributed by atoms with E-state index in [1.807, 2.05) is 10.9 Å². The quantitative estimate of drug-likeness (QED) is 0.428. The Morgan fingerprint density at radius 1 is 1.31 bits per heavy atom. The van der Waals surface area contributed by atoms with Crippen LogP contribution in [-0.2, 0) is 11.3 Å². The molecule has 1 aliphatic heterocycles. The summed E-state index contributed by atoms with van der Waals surface area (Å²) in [5, 5.41) is 21.5. The third-order valence-electron chi connectivity index (χ3n) is 4.92. The number of nitrogens with one attached hydrogen (secondary N) is 1. The number of nitrogens with zero attached hydrogens (tertiary/aromatic N) is 6. The maximum atomic E-state index is 12.8. The number of anilines is 1. The molecule has 9 heteroatoms. The minimum atomic E-state index is -0.623. The number of amides is 1. The standard InChI is InChI=1S/C20H21N7O.U/c1-3-4-5-8-27-11-14-17(24-20(22-2)25-18(14)26-27)16-13-9-12(10-21)6-7-15(13)23-19(16)28;/h6-7,9,11,16H,3-5,8H2,1-2H3,(H2,22,23,25,26,28);/p-1. The van der Waals surface area contributed by atoms with Gasteiger partial charge in [0.25, 0.3) is 0 Å². The van der Waals surface area contributed by atoms with Crippen molar-refractivity contribution in [2.75, 3.05) is 12.4 Å². The van der Waals surface area contributed by atoms with Crippen molar-refractivity contribution in [3.63, 3.8) is 0 Å². The summed E-state index contributed by atoms with van der Waals surface area (Å²) < 4.78 is 1.86. The zero-order valence-corrected chi connectivity index (χ0v) is 20.5. The number of nitriles is 1. The molecule has 3 heterocycles. The second kappa shape index (κ2) is 8.94. The van der Waals surface area contributed by atoms with Crippen LogP contribution in [0.15, 0.2) is 24.4 Å². The van der Waals surface area contributed by atoms with Crippen molar-refractivity contribution in [1.29, 1.82) is 5.26 Å². The van der Waals surface area contributed by atoms with Crippen LogP contribution in [0.4, 0.5) is 11.6 Å². The summed E-state index contributed by atoms with van der Waals surface area (Å²) in [6.45, 7) is 2.94. The van der Waals surface area contributed by atoms with E-state index in [9.17, 15) is 10.1 Å². The molecular formula is C20H20N7OU-. The predicted octanol–water partition coefficient (Wildman–Crippen LogP) is 3.61. The molecule has 1 unspecified atom stereocenters. The van der Waals surface area contributed by atoms with E-state index in [4.69, 9.17) is 0 Å². The molecule has 1 amide bonds. The van der Waals surface area contributed by atoms with Crippen LogP contribution in [0, 0.1) is 42.4 Å². The number of hydrogen-bond donors (Lipinski definition) is 1. The van der Waals surface area contributed by atoms with Crippen LogP contribution in [0.5, 0.6) is 0 Å². The maximum absolute atomic E-state index is 12.8. The predicted molar refractivity (Wildman–Crippen MR) is 105 cm³/mol. The summed E-state index contributed by atoms with van der Waals surface area (Å²) in [6, 6.07) is 7.31. The van der Waals surface area contributed by atoms with Gasteiger partial charge in [0.15, 0.2) is 0 Å². The molecule has 0 aliphatic carbocycles. The summed E-state index contributed by atoms with van der Waals surface area (Å²) in [5.41, 5.74) is 3.04. The molecule has 146 valence electrons. The van der Waals surface area contributed by atoms with Gasteiger partial charge in [-0.05, 0) is 42.9 Å². The number of carbonyl (C=O) groups is 1. The molecule has 0 saturated heterocycles. The van der Waals surface area contributed by atoms with Gasteiger partial charge in [0.1, 0.15) is 5.65 Å². The number of carbonyl (C=O) groups excluding carboxylic acids is 1. The van der Waals surface area contributed by atoms with Crippen LogP contribution in [0.2, 0.25) is 0 Å². The molecule has 0 spiro atoms. The van der Waals surface area contributed by atoms with Gasteiger partial charge in [0.05, 0.1) is 17.6 Å². The first-order valence-electron chi connectivity index (χ1n) is 9.34. The van der Waals surface area contributed by atoms with Gasteiger partial charge in [-0.3, -0.25) is 9.48 Å². The van der Waals surface area contributed by atoms with Crippen molar-refractivity contribution in [2.24, 2.45) is 0 Å². The van der Waals surface area contributed by atoms with Gasteiger partial charge in [0, 0.05) is 60.9 Å². The van der Waals surface area contributed by atoms with Gasteiger partial charge in [-0.25, -0.2) is 0 Å². The number of fused-ring (bicyclic) bond motifs is 2. The Bertz CT molecular complexity index is 1100. The van der Waals surface area contributed by atoms with Gasteiger partial charge in [-0.15, -0.1) is 0 Å². The van der Waals surface area contributed by atoms with Gasteiger partial charge >= 0.3 is 0 Å². The first kappa shape index (κ1) is 21.3. The van der Waals surface area contributed by atoms with Crippen molar-refractivity contribution < 1.29 is 35.9 Å². The molecule has 0 radical (unpaired) electrons. The van der Waals surface area contributed by atoms with Gasteiger partial charge in [-0.2, -0.15) is 10.4 Å². The average molecular weight is 612 g/mol. The summed E-state index contributed by atoms with van der Waals surface area (Å²) >= 11 is 0. The normalized spacial score (nSPS) is 14.8. The minimum absolute atomic E-state index is 0. The van der Waals surface area contributed by atoms with E-state index in [1.54, 1.807) is 25.2 Å². The number of rotatable bonds is 6. The van der Waals surface area contributed by atoms with Crippen molar-refractivity contribution in [3.8, 4) is 6.07 Å². The van der Waals surface area contributed by atoms with E-state index in [1.165, 1.54) is 0 Å². The van der Waals surface area contributed by atoms with Crippen molar-refractivity contribution in [2.45, 2.75) is 38.6 Å². The van der Waals surface area contributed by atoms with Crippen molar-refractivity contribution >= 4 is 28.6 Å². The number of aromatic nitrogens is 4. The molecule has 8 nitrogen and oxygen atoms in total. The van der Waals surface area contributed by atoms with Gasteiger partial charge in [0.2, 0.25) is 5.91 Å². The number of hydrogen-bond acceptors (Lipinski definition) is 5. The number of benzene rings is 1. The summed E-state index contributed by atoms with van der Waals surface area (Å²) in [5.74, 6) is -0.507. The Morgan fingerprint density at radius 2 is 2.14 bits per heavy atom. The van der Waals surface area contributed by atoms with E-state index in [2.05, 4.69) is 38.7 Å². The average Bonchev–Trinajstić information content (AvgIpc) is 3.26. The molecule has 2 aromatic heterocycles. The Morgan fingerprint density at radius 3 is 2.86 bits per heavy atom. The molecule has 1 aromatic carbocycles. The first-order chi connectivity index (χ1) is 13.6. The molecular weight excluding hydrogens is 592 g/mol. The van der Waals surface area contributed by atoms with E-state index in [-0.39, 0.29) is 37.0 Å². The summed E-state index contributed by atoms with van der Waals surface area (Å²) in [6.07, 6.45) is 5.18. The molecule has 1 atom stereocenters. The third kappa shape index (κ3) is 4.01. The SMILES string of the molecule is CCCCCn1cc2c(C3C(=O)Nc4ccc(C#N)cc43)nc([N-]C)nc2n1.[U]. The Kier molecular flexibility index (Phi) is 6.56. The van der Waals surface area contributed by atoms with Crippen LogP contribution >= 0.6 is 0 Å². The molecule has 3 aromatic rings. The van der Waals surface area contributed by atoms with Crippen LogP contribution in [0.1, 0.15) is 48.9 Å². The van der Waals surface area contributed by atoms with Crippen LogP contribution in [0.25, 0.3) is 16.4 Å². The van der Waals surface area contributed by atoms with Gasteiger partial charge < -0.3 is 20.6 Å². The number of unbranched alkanes of at least 4 members (excludes halogenated alkanes) is 2. The second-order valence-electron chi connectivity index (χ2n) is 6.81. The zero-order chi connectivity index (χ0) is 19.7. The van der Waals surface area contributed by atoms with Crippen LogP contribution < -0.4 is 5.32 Å². The topological polar surface area (TPSA) is 111 Å². The molecule has 4 rings (SSSR count). The van der Waals surface area contributed by atoms with Crippen molar-refractivity contribution in [3.05, 3.63) is 46.5 Å². The van der Waals surface area contributed by atoms with E-state index >= 15 is 0 Å². The maximum Gasteiger partial charge on any atom is 0.236 e. The Balaban J connectivity index is 0.00000240. The molecule has 0 fully saturated rings. The fourth-order valence-electron chi connectivity index (χ4n) is 3.52. The Labute approximate surface area is 192 Å². The van der Waals surface area contributed by atoms with E-state index in [0.717, 1.165) is 36.8 Å². The van der Waals surface area contributed by atoms with Crippen LogP contribution in [-0.4, -0.2) is 32.7 Å². The summed E-state index contributed by atoms with van der Waals surface area (Å²) in [4.78, 5) is 21.7. The molecule has 1 N–H and O–H groups in total.